The molecule has 2 aromatic carbocycles. The highest BCUT2D eigenvalue weighted by molar-refractivity contribution is 5.76. The Morgan fingerprint density at radius 1 is 1.04 bits per heavy atom. The van der Waals surface area contributed by atoms with Crippen LogP contribution in [0.4, 0.5) is 17.6 Å². The predicted octanol–water partition coefficient (Wildman–Crippen LogP) is 4.01. The Morgan fingerprint density at radius 2 is 1.67 bits per heavy atom. The van der Waals surface area contributed by atoms with Gasteiger partial charge in [0.2, 0.25) is 5.91 Å². The maximum absolute atomic E-state index is 13.1. The summed E-state index contributed by atoms with van der Waals surface area (Å²) in [4.78, 5) is 11.8. The van der Waals surface area contributed by atoms with Crippen LogP contribution in [0.3, 0.4) is 0 Å². The molecule has 2 rings (SSSR count). The van der Waals surface area contributed by atoms with Crippen molar-refractivity contribution in [2.45, 2.75) is 18.6 Å². The van der Waals surface area contributed by atoms with Crippen molar-refractivity contribution >= 4 is 5.91 Å². The monoisotopic (exact) mass is 341 g/mol. The molecular formula is C17H15F4NO2. The summed E-state index contributed by atoms with van der Waals surface area (Å²) in [7, 11) is 0. The number of carbonyl (C=O) groups excluding carboxylic acids is 1. The molecule has 0 fully saturated rings. The van der Waals surface area contributed by atoms with E-state index in [1.54, 1.807) is 6.07 Å². The number of amides is 1. The Bertz CT molecular complexity index is 657. The molecule has 0 radical (unpaired) electrons. The third kappa shape index (κ3) is 5.26. The van der Waals surface area contributed by atoms with Crippen LogP contribution < -0.4 is 10.1 Å². The zero-order valence-electron chi connectivity index (χ0n) is 12.5. The van der Waals surface area contributed by atoms with Crippen LogP contribution in [0.15, 0.2) is 54.6 Å². The molecule has 0 saturated heterocycles. The summed E-state index contributed by atoms with van der Waals surface area (Å²) in [6.45, 7) is -0.114. The first-order valence-electron chi connectivity index (χ1n) is 7.15. The van der Waals surface area contributed by atoms with Crippen molar-refractivity contribution < 1.29 is 27.1 Å². The normalized spacial score (nSPS) is 12.5. The van der Waals surface area contributed by atoms with Gasteiger partial charge in [0.15, 0.2) is 6.04 Å². The number of rotatable bonds is 6. The van der Waals surface area contributed by atoms with Gasteiger partial charge in [0.1, 0.15) is 11.6 Å². The first-order chi connectivity index (χ1) is 11.4. The van der Waals surface area contributed by atoms with E-state index in [1.165, 1.54) is 48.5 Å². The Hall–Kier alpha value is -2.57. The number of halogens is 4. The van der Waals surface area contributed by atoms with Gasteiger partial charge in [-0.3, -0.25) is 4.79 Å². The van der Waals surface area contributed by atoms with Gasteiger partial charge in [0.05, 0.1) is 13.0 Å². The van der Waals surface area contributed by atoms with E-state index in [-0.39, 0.29) is 18.6 Å². The summed E-state index contributed by atoms with van der Waals surface area (Å²) >= 11 is 0. The van der Waals surface area contributed by atoms with Crippen LogP contribution in [-0.2, 0) is 4.79 Å². The molecule has 24 heavy (non-hydrogen) atoms. The molecule has 1 amide bonds. The summed E-state index contributed by atoms with van der Waals surface area (Å²) < 4.78 is 57.3. The van der Waals surface area contributed by atoms with Crippen molar-refractivity contribution in [1.82, 2.24) is 5.32 Å². The topological polar surface area (TPSA) is 38.3 Å². The first kappa shape index (κ1) is 17.8. The summed E-state index contributed by atoms with van der Waals surface area (Å²) in [5.74, 6) is -0.890. The van der Waals surface area contributed by atoms with Gasteiger partial charge < -0.3 is 10.1 Å². The van der Waals surface area contributed by atoms with Crippen molar-refractivity contribution in [1.29, 1.82) is 0 Å². The minimum absolute atomic E-state index is 0.0437. The van der Waals surface area contributed by atoms with Gasteiger partial charge >= 0.3 is 6.18 Å². The van der Waals surface area contributed by atoms with E-state index < -0.39 is 23.9 Å². The van der Waals surface area contributed by atoms with Gasteiger partial charge in [-0.25, -0.2) is 4.39 Å². The molecule has 128 valence electrons. The van der Waals surface area contributed by atoms with E-state index in [1.807, 2.05) is 5.32 Å². The lowest BCUT2D eigenvalue weighted by Gasteiger charge is -2.22. The van der Waals surface area contributed by atoms with Gasteiger partial charge in [-0.1, -0.05) is 30.3 Å². The minimum atomic E-state index is -4.60. The number of nitrogens with one attached hydrogen (secondary N) is 1. The molecular weight excluding hydrogens is 326 g/mol. The number of hydrogen-bond donors (Lipinski definition) is 1. The quantitative estimate of drug-likeness (QED) is 0.806. The molecule has 1 N–H and O–H groups in total. The van der Waals surface area contributed by atoms with Crippen LogP contribution in [0, 0.1) is 5.82 Å². The molecule has 2 aromatic rings. The summed E-state index contributed by atoms with van der Waals surface area (Å²) in [6.07, 6.45) is -4.86. The fourth-order valence-electron chi connectivity index (χ4n) is 2.03. The van der Waals surface area contributed by atoms with E-state index in [2.05, 4.69) is 0 Å². The smallest absolute Gasteiger partial charge is 0.412 e. The van der Waals surface area contributed by atoms with Crippen molar-refractivity contribution in [3.63, 3.8) is 0 Å². The Balaban J connectivity index is 1.90. The highest BCUT2D eigenvalue weighted by Gasteiger charge is 2.41. The molecule has 1 atom stereocenters. The number of carbonyl (C=O) groups is 1. The van der Waals surface area contributed by atoms with Gasteiger partial charge in [-0.15, -0.1) is 0 Å². The average molecular weight is 341 g/mol. The maximum atomic E-state index is 13.1. The maximum Gasteiger partial charge on any atom is 0.412 e. The molecule has 0 spiro atoms. The Kier molecular flexibility index (Phi) is 5.78. The van der Waals surface area contributed by atoms with Crippen LogP contribution >= 0.6 is 0 Å². The Labute approximate surface area is 136 Å². The van der Waals surface area contributed by atoms with Crippen LogP contribution in [0.25, 0.3) is 0 Å². The predicted molar refractivity (Wildman–Crippen MR) is 79.9 cm³/mol. The SMILES string of the molecule is O=C(CCOc1ccc(F)cc1)NC(c1ccccc1)C(F)(F)F. The van der Waals surface area contributed by atoms with Crippen LogP contribution in [-0.4, -0.2) is 18.7 Å². The second-order valence-corrected chi connectivity index (χ2v) is 5.01. The van der Waals surface area contributed by atoms with E-state index in [0.29, 0.717) is 5.75 Å². The number of ether oxygens (including phenoxy) is 1. The zero-order chi connectivity index (χ0) is 17.6. The number of alkyl halides is 3. The first-order valence-corrected chi connectivity index (χ1v) is 7.15. The molecule has 0 heterocycles. The molecule has 0 aromatic heterocycles. The number of benzene rings is 2. The third-order valence-corrected chi connectivity index (χ3v) is 3.18. The van der Waals surface area contributed by atoms with E-state index in [0.717, 1.165) is 0 Å². The van der Waals surface area contributed by atoms with Gasteiger partial charge in [-0.2, -0.15) is 13.2 Å². The minimum Gasteiger partial charge on any atom is -0.493 e. The molecule has 0 aliphatic heterocycles. The van der Waals surface area contributed by atoms with Crippen LogP contribution in [0.1, 0.15) is 18.0 Å². The van der Waals surface area contributed by atoms with Crippen molar-refractivity contribution in [3.05, 3.63) is 66.0 Å². The third-order valence-electron chi connectivity index (χ3n) is 3.18. The lowest BCUT2D eigenvalue weighted by molar-refractivity contribution is -0.163. The Morgan fingerprint density at radius 3 is 2.25 bits per heavy atom. The second-order valence-electron chi connectivity index (χ2n) is 5.01. The van der Waals surface area contributed by atoms with E-state index in [9.17, 15) is 22.4 Å². The van der Waals surface area contributed by atoms with Gasteiger partial charge in [0.25, 0.3) is 0 Å². The van der Waals surface area contributed by atoms with Crippen molar-refractivity contribution in [3.8, 4) is 5.75 Å². The van der Waals surface area contributed by atoms with Gasteiger partial charge in [0, 0.05) is 0 Å². The molecule has 7 heteroatoms. The van der Waals surface area contributed by atoms with Crippen molar-refractivity contribution in [2.75, 3.05) is 6.61 Å². The fraction of sp³-hybridized carbons (Fsp3) is 0.235. The molecule has 3 nitrogen and oxygen atoms in total. The average Bonchev–Trinajstić information content (AvgIpc) is 2.54. The molecule has 0 saturated carbocycles. The molecule has 0 bridgehead atoms. The largest absolute Gasteiger partial charge is 0.493 e. The highest BCUT2D eigenvalue weighted by atomic mass is 19.4. The molecule has 1 unspecified atom stereocenters. The summed E-state index contributed by atoms with van der Waals surface area (Å²) in [5.41, 5.74) is -0.0437. The number of hydrogen-bond acceptors (Lipinski definition) is 2. The standard InChI is InChI=1S/C17H15F4NO2/c18-13-6-8-14(9-7-13)24-11-10-15(23)22-16(17(19,20)21)12-4-2-1-3-5-12/h1-9,16H,10-11H2,(H,22,23). The highest BCUT2D eigenvalue weighted by Crippen LogP contribution is 2.32. The molecule has 0 aliphatic rings. The summed E-state index contributed by atoms with van der Waals surface area (Å²) in [5, 5.41) is 1.96. The lowest BCUT2D eigenvalue weighted by atomic mass is 10.1. The molecule has 0 aliphatic carbocycles. The van der Waals surface area contributed by atoms with Crippen molar-refractivity contribution in [2.24, 2.45) is 0 Å². The van der Waals surface area contributed by atoms with E-state index >= 15 is 0 Å². The van der Waals surface area contributed by atoms with Crippen LogP contribution in [0.5, 0.6) is 5.75 Å². The van der Waals surface area contributed by atoms with Crippen LogP contribution in [0.2, 0.25) is 0 Å². The van der Waals surface area contributed by atoms with E-state index in [4.69, 9.17) is 4.74 Å². The lowest BCUT2D eigenvalue weighted by Crippen LogP contribution is -2.38. The second kappa shape index (κ2) is 7.81. The fourth-order valence-corrected chi connectivity index (χ4v) is 2.03. The zero-order valence-corrected chi connectivity index (χ0v) is 12.5. The van der Waals surface area contributed by atoms with Gasteiger partial charge in [-0.05, 0) is 29.8 Å². The summed E-state index contributed by atoms with van der Waals surface area (Å²) in [6, 6.07) is 10.2.